The molecule has 1 unspecified atom stereocenters. The van der Waals surface area contributed by atoms with Gasteiger partial charge in [-0.2, -0.15) is 0 Å². The van der Waals surface area contributed by atoms with E-state index in [4.69, 9.17) is 9.47 Å². The monoisotopic (exact) mass is 256 g/mol. The van der Waals surface area contributed by atoms with E-state index in [1.54, 1.807) is 4.90 Å². The van der Waals surface area contributed by atoms with E-state index in [0.29, 0.717) is 6.54 Å². The summed E-state index contributed by atoms with van der Waals surface area (Å²) in [6.45, 7) is 6.08. The lowest BCUT2D eigenvalue weighted by molar-refractivity contribution is -0.144. The maximum Gasteiger partial charge on any atom is 0.410 e. The van der Waals surface area contributed by atoms with Crippen LogP contribution in [0.15, 0.2) is 0 Å². The van der Waals surface area contributed by atoms with Crippen LogP contribution in [0.3, 0.4) is 0 Å². The summed E-state index contributed by atoms with van der Waals surface area (Å²) in [5.41, 5.74) is -0.521. The second-order valence-electron chi connectivity index (χ2n) is 5.80. The minimum absolute atomic E-state index is 0.155. The summed E-state index contributed by atoms with van der Waals surface area (Å²) in [4.78, 5) is 25.3. The van der Waals surface area contributed by atoms with Gasteiger partial charge in [0, 0.05) is 12.6 Å². The van der Waals surface area contributed by atoms with Crippen LogP contribution in [-0.4, -0.2) is 54.3 Å². The van der Waals surface area contributed by atoms with Crippen LogP contribution in [0.4, 0.5) is 4.79 Å². The fourth-order valence-corrected chi connectivity index (χ4v) is 2.55. The van der Waals surface area contributed by atoms with E-state index in [1.807, 2.05) is 20.8 Å². The lowest BCUT2D eigenvalue weighted by atomic mass is 10.1. The molecule has 2 fully saturated rings. The zero-order chi connectivity index (χ0) is 13.5. The molecule has 0 spiro atoms. The highest BCUT2D eigenvalue weighted by Crippen LogP contribution is 2.30. The first-order chi connectivity index (χ1) is 8.31. The first kappa shape index (κ1) is 13.1. The van der Waals surface area contributed by atoms with Crippen LogP contribution in [0, 0.1) is 0 Å². The number of amides is 1. The van der Waals surface area contributed by atoms with E-state index in [0.717, 1.165) is 6.42 Å². The molecule has 0 aromatic rings. The van der Waals surface area contributed by atoms with Crippen LogP contribution >= 0.6 is 0 Å². The maximum atomic E-state index is 12.0. The van der Waals surface area contributed by atoms with Crippen molar-refractivity contribution in [3.05, 3.63) is 0 Å². The van der Waals surface area contributed by atoms with Gasteiger partial charge in [-0.05, 0) is 27.2 Å². The number of likely N-dealkylation sites (tertiary alicyclic amines) is 1. The van der Waals surface area contributed by atoms with Gasteiger partial charge in [-0.1, -0.05) is 0 Å². The highest BCUT2D eigenvalue weighted by molar-refractivity contribution is 5.79. The Morgan fingerprint density at radius 2 is 2.00 bits per heavy atom. The zero-order valence-electron chi connectivity index (χ0n) is 11.2. The number of nitrogens with zero attached hydrogens (tertiary/aromatic N) is 1. The van der Waals surface area contributed by atoms with Crippen molar-refractivity contribution in [1.29, 1.82) is 0 Å². The Kier molecular flexibility index (Phi) is 3.23. The SMILES string of the molecule is COC(=O)C1N[C@@H]2C[C@H]1N(C(=O)OC(C)(C)C)C2. The molecule has 2 bridgehead atoms. The number of fused-ring (bicyclic) bond motifs is 2. The summed E-state index contributed by atoms with van der Waals surface area (Å²) < 4.78 is 10.1. The number of piperazine rings is 1. The molecule has 1 amide bonds. The summed E-state index contributed by atoms with van der Waals surface area (Å²) in [5.74, 6) is -0.323. The third-order valence-corrected chi connectivity index (χ3v) is 3.23. The number of nitrogens with one attached hydrogen (secondary N) is 1. The van der Waals surface area contributed by atoms with Crippen LogP contribution < -0.4 is 5.32 Å². The molecule has 3 atom stereocenters. The Bertz CT molecular complexity index is 364. The number of carbonyl (C=O) groups excluding carboxylic acids is 2. The molecule has 0 aliphatic carbocycles. The van der Waals surface area contributed by atoms with Crippen LogP contribution in [-0.2, 0) is 14.3 Å². The first-order valence-corrected chi connectivity index (χ1v) is 6.15. The van der Waals surface area contributed by atoms with Gasteiger partial charge in [0.25, 0.3) is 0 Å². The summed E-state index contributed by atoms with van der Waals surface area (Å²) >= 11 is 0. The molecule has 6 heteroatoms. The molecule has 2 aliphatic rings. The van der Waals surface area contributed by atoms with Gasteiger partial charge in [-0.25, -0.2) is 4.79 Å². The van der Waals surface area contributed by atoms with Crippen LogP contribution in [0.25, 0.3) is 0 Å². The molecule has 18 heavy (non-hydrogen) atoms. The number of ether oxygens (including phenoxy) is 2. The summed E-state index contributed by atoms with van der Waals surface area (Å²) in [5, 5.41) is 3.16. The number of esters is 1. The second kappa shape index (κ2) is 4.42. The fraction of sp³-hybridized carbons (Fsp3) is 0.833. The van der Waals surface area contributed by atoms with Gasteiger partial charge in [0.2, 0.25) is 0 Å². The quantitative estimate of drug-likeness (QED) is 0.692. The molecule has 2 aliphatic heterocycles. The average Bonchev–Trinajstić information content (AvgIpc) is 2.84. The zero-order valence-corrected chi connectivity index (χ0v) is 11.2. The van der Waals surface area contributed by atoms with Crippen molar-refractivity contribution in [2.75, 3.05) is 13.7 Å². The first-order valence-electron chi connectivity index (χ1n) is 6.15. The Balaban J connectivity index is 2.04. The predicted octanol–water partition coefficient (Wildman–Crippen LogP) is 0.509. The highest BCUT2D eigenvalue weighted by Gasteiger charge is 2.51. The normalized spacial score (nSPS) is 30.4. The van der Waals surface area contributed by atoms with Crippen LogP contribution in [0.1, 0.15) is 27.2 Å². The Morgan fingerprint density at radius 3 is 2.50 bits per heavy atom. The molecule has 2 heterocycles. The van der Waals surface area contributed by atoms with Gasteiger partial charge in [-0.3, -0.25) is 10.1 Å². The minimum atomic E-state index is -0.521. The highest BCUT2D eigenvalue weighted by atomic mass is 16.6. The van der Waals surface area contributed by atoms with Crippen LogP contribution in [0.2, 0.25) is 0 Å². The summed E-state index contributed by atoms with van der Waals surface area (Å²) in [6, 6.07) is -0.426. The number of carbonyl (C=O) groups is 2. The Labute approximate surface area is 107 Å². The largest absolute Gasteiger partial charge is 0.468 e. The summed E-state index contributed by atoms with van der Waals surface area (Å²) in [7, 11) is 1.35. The molecule has 2 rings (SSSR count). The van der Waals surface area contributed by atoms with Gasteiger partial charge < -0.3 is 14.4 Å². The van der Waals surface area contributed by atoms with Gasteiger partial charge in [0.05, 0.1) is 13.2 Å². The molecular weight excluding hydrogens is 236 g/mol. The van der Waals surface area contributed by atoms with E-state index < -0.39 is 11.6 Å². The van der Waals surface area contributed by atoms with Crippen molar-refractivity contribution >= 4 is 12.1 Å². The molecule has 0 saturated carbocycles. The van der Waals surface area contributed by atoms with Gasteiger partial charge in [-0.15, -0.1) is 0 Å². The Morgan fingerprint density at radius 1 is 1.33 bits per heavy atom. The van der Waals surface area contributed by atoms with Crippen molar-refractivity contribution in [3.63, 3.8) is 0 Å². The van der Waals surface area contributed by atoms with E-state index in [9.17, 15) is 9.59 Å². The molecular formula is C12H20N2O4. The predicted molar refractivity (Wildman–Crippen MR) is 64.1 cm³/mol. The lowest BCUT2D eigenvalue weighted by Crippen LogP contribution is -2.57. The molecule has 0 aromatic carbocycles. The van der Waals surface area contributed by atoms with Crippen molar-refractivity contribution in [3.8, 4) is 0 Å². The van der Waals surface area contributed by atoms with E-state index in [2.05, 4.69) is 5.32 Å². The maximum absolute atomic E-state index is 12.0. The van der Waals surface area contributed by atoms with Crippen LogP contribution in [0.5, 0.6) is 0 Å². The molecule has 0 aromatic heterocycles. The average molecular weight is 256 g/mol. The van der Waals surface area contributed by atoms with Gasteiger partial charge in [0.1, 0.15) is 11.6 Å². The number of hydrogen-bond acceptors (Lipinski definition) is 5. The third kappa shape index (κ3) is 2.43. The molecule has 1 N–H and O–H groups in total. The Hall–Kier alpha value is -1.30. The molecule has 102 valence electrons. The lowest BCUT2D eigenvalue weighted by Gasteiger charge is -2.33. The fourth-order valence-electron chi connectivity index (χ4n) is 2.55. The molecule has 0 radical (unpaired) electrons. The number of methoxy groups -OCH3 is 1. The van der Waals surface area contributed by atoms with Crippen molar-refractivity contribution in [2.45, 2.75) is 50.9 Å². The standard InChI is InChI=1S/C12H20N2O4/c1-12(2,3)18-11(16)14-6-7-5-8(14)9(13-7)10(15)17-4/h7-9,13H,5-6H2,1-4H3/t7-,8-,9?/m1/s1. The number of hydrogen-bond donors (Lipinski definition) is 1. The summed E-state index contributed by atoms with van der Waals surface area (Å²) in [6.07, 6.45) is 0.421. The second-order valence-corrected chi connectivity index (χ2v) is 5.80. The van der Waals surface area contributed by atoms with Crippen molar-refractivity contribution in [1.82, 2.24) is 10.2 Å². The molecule has 6 nitrogen and oxygen atoms in total. The smallest absolute Gasteiger partial charge is 0.410 e. The third-order valence-electron chi connectivity index (χ3n) is 3.23. The number of rotatable bonds is 1. The van der Waals surface area contributed by atoms with Gasteiger partial charge in [0.15, 0.2) is 0 Å². The minimum Gasteiger partial charge on any atom is -0.468 e. The van der Waals surface area contributed by atoms with Crippen molar-refractivity contribution < 1.29 is 19.1 Å². The van der Waals surface area contributed by atoms with E-state index in [-0.39, 0.29) is 24.1 Å². The molecule has 2 saturated heterocycles. The van der Waals surface area contributed by atoms with E-state index in [1.165, 1.54) is 7.11 Å². The van der Waals surface area contributed by atoms with E-state index >= 15 is 0 Å². The van der Waals surface area contributed by atoms with Gasteiger partial charge >= 0.3 is 12.1 Å². The van der Waals surface area contributed by atoms with Crippen molar-refractivity contribution in [2.24, 2.45) is 0 Å². The topological polar surface area (TPSA) is 67.9 Å².